The molecule has 0 heterocycles. The Labute approximate surface area is 208 Å². The number of rotatable bonds is 6. The second-order valence-electron chi connectivity index (χ2n) is 8.03. The second-order valence-corrected chi connectivity index (χ2v) is 8.47. The molecule has 1 N–H and O–H groups in total. The lowest BCUT2D eigenvalue weighted by Crippen LogP contribution is -2.29. The van der Waals surface area contributed by atoms with E-state index in [2.05, 4.69) is 5.32 Å². The number of fused-ring (bicyclic) bond motifs is 3. The molecule has 1 aliphatic rings. The fraction of sp³-hybridized carbons (Fsp3) is 0.259. The van der Waals surface area contributed by atoms with E-state index in [-0.39, 0.29) is 17.1 Å². The summed E-state index contributed by atoms with van der Waals surface area (Å²) in [6, 6.07) is 13.1. The van der Waals surface area contributed by atoms with Gasteiger partial charge < -0.3 is 24.3 Å². The first-order valence-corrected chi connectivity index (χ1v) is 11.4. The van der Waals surface area contributed by atoms with Crippen molar-refractivity contribution < 1.29 is 23.7 Å². The second kappa shape index (κ2) is 10.3. The molecule has 0 saturated carbocycles. The summed E-state index contributed by atoms with van der Waals surface area (Å²) in [5, 5.41) is 3.55. The third-order valence-electron chi connectivity index (χ3n) is 6.11. The quantitative estimate of drug-likeness (QED) is 0.528. The van der Waals surface area contributed by atoms with Gasteiger partial charge in [0, 0.05) is 16.1 Å². The molecule has 182 valence electrons. The number of aryl methyl sites for hydroxylation is 1. The van der Waals surface area contributed by atoms with E-state index in [9.17, 15) is 9.59 Å². The fourth-order valence-electron chi connectivity index (χ4n) is 4.49. The molecule has 7 nitrogen and oxygen atoms in total. The zero-order valence-electron chi connectivity index (χ0n) is 19.9. The summed E-state index contributed by atoms with van der Waals surface area (Å²) in [6.45, 7) is 0. The molecule has 0 aliphatic heterocycles. The van der Waals surface area contributed by atoms with Crippen LogP contribution in [0.4, 0.5) is 0 Å². The Morgan fingerprint density at radius 1 is 0.914 bits per heavy atom. The maximum Gasteiger partial charge on any atom is 0.251 e. The summed E-state index contributed by atoms with van der Waals surface area (Å²) < 4.78 is 22.2. The van der Waals surface area contributed by atoms with Gasteiger partial charge in [-0.05, 0) is 65.9 Å². The van der Waals surface area contributed by atoms with Gasteiger partial charge in [0.05, 0.1) is 34.5 Å². The third-order valence-corrected chi connectivity index (χ3v) is 6.35. The highest BCUT2D eigenvalue weighted by atomic mass is 35.5. The van der Waals surface area contributed by atoms with Gasteiger partial charge in [-0.1, -0.05) is 23.7 Å². The van der Waals surface area contributed by atoms with Crippen LogP contribution in [0.2, 0.25) is 5.02 Å². The zero-order valence-corrected chi connectivity index (χ0v) is 20.7. The Bertz CT molecular complexity index is 1340. The number of hydrogen-bond acceptors (Lipinski definition) is 6. The van der Waals surface area contributed by atoms with Crippen LogP contribution in [0.15, 0.2) is 53.3 Å². The summed E-state index contributed by atoms with van der Waals surface area (Å²) >= 11 is 6.09. The SMILES string of the molecule is COc1cc2c(c(OC)c1OC)-c1ccc(OC)c(=O)cc1[C@@H](NC(=O)c1cccc(Cl)c1)CC2. The number of ether oxygens (including phenoxy) is 4. The third kappa shape index (κ3) is 4.64. The molecule has 3 aromatic carbocycles. The van der Waals surface area contributed by atoms with Gasteiger partial charge in [0.15, 0.2) is 17.2 Å². The highest BCUT2D eigenvalue weighted by Gasteiger charge is 2.30. The monoisotopic (exact) mass is 495 g/mol. The maximum absolute atomic E-state index is 13.1. The van der Waals surface area contributed by atoms with Crippen LogP contribution in [-0.2, 0) is 6.42 Å². The first kappa shape index (κ1) is 24.4. The molecule has 1 aliphatic carbocycles. The van der Waals surface area contributed by atoms with E-state index in [1.165, 1.54) is 13.2 Å². The summed E-state index contributed by atoms with van der Waals surface area (Å²) in [7, 11) is 6.12. The van der Waals surface area contributed by atoms with Crippen LogP contribution in [0.1, 0.15) is 33.9 Å². The fourth-order valence-corrected chi connectivity index (χ4v) is 4.68. The molecule has 8 heteroatoms. The van der Waals surface area contributed by atoms with Crippen molar-refractivity contribution in [3.05, 3.63) is 80.5 Å². The molecule has 3 aromatic rings. The van der Waals surface area contributed by atoms with E-state index in [4.69, 9.17) is 30.5 Å². The van der Waals surface area contributed by atoms with Crippen molar-refractivity contribution in [1.29, 1.82) is 0 Å². The summed E-state index contributed by atoms with van der Waals surface area (Å²) in [5.74, 6) is 1.37. The summed E-state index contributed by atoms with van der Waals surface area (Å²) in [5.41, 5.74) is 3.24. The van der Waals surface area contributed by atoms with Crippen LogP contribution < -0.4 is 29.7 Å². The summed E-state index contributed by atoms with van der Waals surface area (Å²) in [6.07, 6.45) is 1.13. The van der Waals surface area contributed by atoms with Crippen molar-refractivity contribution in [3.63, 3.8) is 0 Å². The number of halogens is 1. The van der Waals surface area contributed by atoms with Crippen molar-refractivity contribution in [2.75, 3.05) is 28.4 Å². The van der Waals surface area contributed by atoms with Crippen LogP contribution in [0, 0.1) is 0 Å². The van der Waals surface area contributed by atoms with E-state index in [1.54, 1.807) is 51.7 Å². The Morgan fingerprint density at radius 2 is 1.66 bits per heavy atom. The molecule has 4 rings (SSSR count). The largest absolute Gasteiger partial charge is 0.493 e. The molecule has 0 aromatic heterocycles. The van der Waals surface area contributed by atoms with Crippen molar-refractivity contribution in [3.8, 4) is 34.1 Å². The number of hydrogen-bond donors (Lipinski definition) is 1. The van der Waals surface area contributed by atoms with Gasteiger partial charge in [-0.25, -0.2) is 0 Å². The molecule has 0 saturated heterocycles. The molecule has 0 fully saturated rings. The predicted molar refractivity (Wildman–Crippen MR) is 134 cm³/mol. The molecule has 35 heavy (non-hydrogen) atoms. The van der Waals surface area contributed by atoms with Crippen LogP contribution in [-0.4, -0.2) is 34.3 Å². The Hall–Kier alpha value is -3.71. The number of carbonyl (C=O) groups excluding carboxylic acids is 1. The van der Waals surface area contributed by atoms with Crippen LogP contribution >= 0.6 is 11.6 Å². The maximum atomic E-state index is 13.1. The molecule has 1 atom stereocenters. The van der Waals surface area contributed by atoms with E-state index < -0.39 is 6.04 Å². The molecule has 0 bridgehead atoms. The molecule has 0 unspecified atom stereocenters. The molecule has 0 radical (unpaired) electrons. The van der Waals surface area contributed by atoms with Gasteiger partial charge in [0.25, 0.3) is 5.91 Å². The number of benzene rings is 2. The lowest BCUT2D eigenvalue weighted by Gasteiger charge is -2.20. The number of amides is 1. The smallest absolute Gasteiger partial charge is 0.251 e. The van der Waals surface area contributed by atoms with Gasteiger partial charge in [-0.2, -0.15) is 0 Å². The van der Waals surface area contributed by atoms with Crippen molar-refractivity contribution in [2.24, 2.45) is 0 Å². The van der Waals surface area contributed by atoms with Crippen molar-refractivity contribution in [1.82, 2.24) is 5.32 Å². The van der Waals surface area contributed by atoms with Gasteiger partial charge in [0.2, 0.25) is 11.2 Å². The number of nitrogens with one attached hydrogen (secondary N) is 1. The van der Waals surface area contributed by atoms with E-state index >= 15 is 0 Å². The highest BCUT2D eigenvalue weighted by molar-refractivity contribution is 6.30. The molecule has 1 amide bonds. The number of carbonyl (C=O) groups is 1. The van der Waals surface area contributed by atoms with Crippen molar-refractivity contribution >= 4 is 17.5 Å². The van der Waals surface area contributed by atoms with E-state index in [0.29, 0.717) is 46.2 Å². The molecule has 0 spiro atoms. The van der Waals surface area contributed by atoms with Gasteiger partial charge >= 0.3 is 0 Å². The van der Waals surface area contributed by atoms with E-state index in [1.807, 2.05) is 12.1 Å². The molecular weight excluding hydrogens is 470 g/mol. The van der Waals surface area contributed by atoms with Gasteiger partial charge in [0.1, 0.15) is 0 Å². The first-order valence-electron chi connectivity index (χ1n) is 11.0. The lowest BCUT2D eigenvalue weighted by atomic mass is 9.95. The highest BCUT2D eigenvalue weighted by Crippen LogP contribution is 2.50. The van der Waals surface area contributed by atoms with Crippen LogP contribution in [0.3, 0.4) is 0 Å². The normalized spacial score (nSPS) is 14.1. The lowest BCUT2D eigenvalue weighted by molar-refractivity contribution is 0.0935. The van der Waals surface area contributed by atoms with Crippen LogP contribution in [0.5, 0.6) is 23.0 Å². The number of methoxy groups -OCH3 is 4. The van der Waals surface area contributed by atoms with Crippen molar-refractivity contribution in [2.45, 2.75) is 18.9 Å². The Balaban J connectivity index is 1.94. The topological polar surface area (TPSA) is 83.1 Å². The van der Waals surface area contributed by atoms with E-state index in [0.717, 1.165) is 16.7 Å². The van der Waals surface area contributed by atoms with Gasteiger partial charge in [-0.3, -0.25) is 9.59 Å². The predicted octanol–water partition coefficient (Wildman–Crippen LogP) is 4.82. The van der Waals surface area contributed by atoms with Gasteiger partial charge in [-0.15, -0.1) is 0 Å². The Morgan fingerprint density at radius 3 is 2.31 bits per heavy atom. The molecular formula is C27H26ClNO6. The minimum Gasteiger partial charge on any atom is -0.493 e. The Kier molecular flexibility index (Phi) is 7.17. The standard InChI is InChI=1S/C27H26ClNO6/c1-32-22-11-9-18-19(14-21(22)30)20(29-27(31)16-6-5-7-17(28)12-16)10-8-15-13-23(33-2)25(34-3)26(35-4)24(15)18/h5-7,9,11-14,20H,8,10H2,1-4H3,(H,29,31)/t20-/m0/s1. The summed E-state index contributed by atoms with van der Waals surface area (Å²) in [4.78, 5) is 26.1. The minimum atomic E-state index is -0.463. The average molecular weight is 496 g/mol. The first-order chi connectivity index (χ1) is 16.9. The zero-order chi connectivity index (χ0) is 25.1. The minimum absolute atomic E-state index is 0.194. The average Bonchev–Trinajstić information content (AvgIpc) is 3.11. The van der Waals surface area contributed by atoms with Crippen LogP contribution in [0.25, 0.3) is 11.1 Å².